The van der Waals surface area contributed by atoms with Gasteiger partial charge in [0.25, 0.3) is 5.78 Å². The fourth-order valence-corrected chi connectivity index (χ4v) is 3.45. The average molecular weight is 425 g/mol. The Labute approximate surface area is 177 Å². The van der Waals surface area contributed by atoms with E-state index >= 15 is 0 Å². The number of amides is 1. The van der Waals surface area contributed by atoms with Crippen molar-refractivity contribution in [3.05, 3.63) is 58.0 Å². The molecule has 0 atom stereocenters. The van der Waals surface area contributed by atoms with E-state index in [9.17, 15) is 4.79 Å². The summed E-state index contributed by atoms with van der Waals surface area (Å²) in [6, 6.07) is 7.33. The minimum absolute atomic E-state index is 0.128. The molecule has 0 radical (unpaired) electrons. The van der Waals surface area contributed by atoms with Crippen molar-refractivity contribution >= 4 is 35.1 Å². The Bertz CT molecular complexity index is 1240. The summed E-state index contributed by atoms with van der Waals surface area (Å²) in [6.45, 7) is 5.71. The van der Waals surface area contributed by atoms with E-state index in [-0.39, 0.29) is 18.3 Å². The van der Waals surface area contributed by atoms with Crippen molar-refractivity contribution in [1.82, 2.24) is 29.4 Å². The Morgan fingerprint density at radius 3 is 2.60 bits per heavy atom. The largest absolute Gasteiger partial charge is 0.366 e. The van der Waals surface area contributed by atoms with E-state index in [0.717, 1.165) is 28.2 Å². The lowest BCUT2D eigenvalue weighted by Gasteiger charge is -2.10. The highest BCUT2D eigenvalue weighted by atomic mass is 35.5. The third-order valence-corrected chi connectivity index (χ3v) is 5.17. The molecule has 0 saturated heterocycles. The lowest BCUT2D eigenvalue weighted by molar-refractivity contribution is -0.116. The molecular weight excluding hydrogens is 404 g/mol. The van der Waals surface area contributed by atoms with Crippen molar-refractivity contribution < 1.29 is 4.79 Å². The van der Waals surface area contributed by atoms with E-state index in [0.29, 0.717) is 23.0 Å². The molecule has 0 unspecified atom stereocenters. The van der Waals surface area contributed by atoms with Gasteiger partial charge in [-0.15, -0.1) is 10.2 Å². The summed E-state index contributed by atoms with van der Waals surface area (Å²) in [4.78, 5) is 21.1. The van der Waals surface area contributed by atoms with E-state index in [1.165, 1.54) is 0 Å². The number of anilines is 2. The normalized spacial score (nSPS) is 11.2. The van der Waals surface area contributed by atoms with E-state index in [2.05, 4.69) is 25.5 Å². The molecular formula is C20H21ClN8O. The van der Waals surface area contributed by atoms with Crippen LogP contribution in [0.3, 0.4) is 0 Å². The van der Waals surface area contributed by atoms with Crippen molar-refractivity contribution in [3.63, 3.8) is 0 Å². The lowest BCUT2D eigenvalue weighted by Crippen LogP contribution is -2.15. The van der Waals surface area contributed by atoms with Gasteiger partial charge in [0.2, 0.25) is 11.9 Å². The highest BCUT2D eigenvalue weighted by Gasteiger charge is 2.15. The number of hydrogen-bond donors (Lipinski definition) is 2. The number of fused-ring (bicyclic) bond motifs is 1. The molecule has 10 heteroatoms. The van der Waals surface area contributed by atoms with Gasteiger partial charge >= 0.3 is 0 Å². The second-order valence-corrected chi connectivity index (χ2v) is 7.51. The summed E-state index contributed by atoms with van der Waals surface area (Å²) in [7, 11) is 0. The third-order valence-electron chi connectivity index (χ3n) is 4.91. The number of aryl methyl sites for hydroxylation is 3. The molecule has 1 aromatic carbocycles. The molecule has 30 heavy (non-hydrogen) atoms. The van der Waals surface area contributed by atoms with Crippen LogP contribution >= 0.6 is 11.6 Å². The second-order valence-electron chi connectivity index (χ2n) is 7.07. The Morgan fingerprint density at radius 2 is 1.87 bits per heavy atom. The molecule has 3 N–H and O–H groups in total. The number of carbonyl (C=O) groups excluding carboxylic acids is 1. The van der Waals surface area contributed by atoms with Gasteiger partial charge in [0.1, 0.15) is 0 Å². The van der Waals surface area contributed by atoms with Crippen LogP contribution in [0.15, 0.2) is 30.5 Å². The number of nitrogens with zero attached hydrogens (tertiary/aromatic N) is 6. The number of aromatic nitrogens is 6. The molecule has 3 heterocycles. The molecule has 154 valence electrons. The maximum Gasteiger partial charge on any atom is 0.254 e. The topological polar surface area (TPSA) is 116 Å². The van der Waals surface area contributed by atoms with Crippen LogP contribution in [0.4, 0.5) is 11.8 Å². The molecule has 9 nitrogen and oxygen atoms in total. The monoisotopic (exact) mass is 424 g/mol. The molecule has 0 spiro atoms. The van der Waals surface area contributed by atoms with Crippen molar-refractivity contribution in [2.45, 2.75) is 33.6 Å². The van der Waals surface area contributed by atoms with E-state index in [1.54, 1.807) is 21.3 Å². The predicted octanol–water partition coefficient (Wildman–Crippen LogP) is 3.04. The van der Waals surface area contributed by atoms with E-state index in [4.69, 9.17) is 17.3 Å². The van der Waals surface area contributed by atoms with Gasteiger partial charge in [-0.25, -0.2) is 9.67 Å². The van der Waals surface area contributed by atoms with E-state index < -0.39 is 0 Å². The summed E-state index contributed by atoms with van der Waals surface area (Å²) in [5.74, 6) is 1.03. The molecule has 3 aromatic heterocycles. The van der Waals surface area contributed by atoms with Gasteiger partial charge in [-0.05, 0) is 57.0 Å². The predicted molar refractivity (Wildman–Crippen MR) is 115 cm³/mol. The number of rotatable bonds is 5. The summed E-state index contributed by atoms with van der Waals surface area (Å²) in [6.07, 6.45) is 2.66. The quantitative estimate of drug-likeness (QED) is 0.508. The SMILES string of the molecule is Cc1cn(-c2ccc(Cl)cc2)nc1NC(=O)CCc1c(C)nc2nc(N)nn2c1C. The zero-order valence-electron chi connectivity index (χ0n) is 16.8. The van der Waals surface area contributed by atoms with Crippen LogP contribution in [0.1, 0.15) is 28.9 Å². The minimum atomic E-state index is -0.128. The van der Waals surface area contributed by atoms with Gasteiger partial charge in [-0.3, -0.25) is 4.79 Å². The number of hydrogen-bond acceptors (Lipinski definition) is 6. The highest BCUT2D eigenvalue weighted by molar-refractivity contribution is 6.30. The summed E-state index contributed by atoms with van der Waals surface area (Å²) < 4.78 is 3.32. The van der Waals surface area contributed by atoms with Crippen LogP contribution in [0.5, 0.6) is 0 Å². The molecule has 0 aliphatic heterocycles. The Kier molecular flexibility index (Phi) is 5.13. The maximum absolute atomic E-state index is 12.6. The fraction of sp³-hybridized carbons (Fsp3) is 0.250. The third kappa shape index (κ3) is 3.84. The first kappa shape index (κ1) is 19.8. The number of nitrogen functional groups attached to an aromatic ring is 1. The van der Waals surface area contributed by atoms with Crippen molar-refractivity contribution in [1.29, 1.82) is 0 Å². The van der Waals surface area contributed by atoms with Gasteiger partial charge in [-0.1, -0.05) is 11.6 Å². The van der Waals surface area contributed by atoms with Gasteiger partial charge < -0.3 is 11.1 Å². The Morgan fingerprint density at radius 1 is 1.13 bits per heavy atom. The van der Waals surface area contributed by atoms with Crippen LogP contribution in [0.2, 0.25) is 5.02 Å². The Hall–Kier alpha value is -3.46. The molecule has 0 bridgehead atoms. The van der Waals surface area contributed by atoms with E-state index in [1.807, 2.05) is 39.1 Å². The standard InChI is InChI=1S/C20H21ClN8O/c1-11-10-28(15-6-4-14(21)5-7-15)26-18(11)24-17(30)9-8-16-12(2)23-20-25-19(22)27-29(20)13(16)3/h4-7,10H,8-9H2,1-3H3,(H2,22,27)(H,24,26,30). The minimum Gasteiger partial charge on any atom is -0.366 e. The molecule has 0 saturated carbocycles. The average Bonchev–Trinajstić information content (AvgIpc) is 3.24. The second kappa shape index (κ2) is 7.75. The van der Waals surface area contributed by atoms with Crippen molar-refractivity contribution in [2.24, 2.45) is 0 Å². The lowest BCUT2D eigenvalue weighted by atomic mass is 10.1. The summed E-state index contributed by atoms with van der Waals surface area (Å²) in [5.41, 5.74) is 10.0. The molecule has 4 aromatic rings. The number of benzene rings is 1. The molecule has 0 aliphatic rings. The number of carbonyl (C=O) groups is 1. The first-order valence-corrected chi connectivity index (χ1v) is 9.80. The van der Waals surface area contributed by atoms with Crippen LogP contribution in [0.25, 0.3) is 11.5 Å². The molecule has 0 aliphatic carbocycles. The van der Waals surface area contributed by atoms with Crippen molar-refractivity contribution in [2.75, 3.05) is 11.1 Å². The van der Waals surface area contributed by atoms with Crippen LogP contribution in [0, 0.1) is 20.8 Å². The maximum atomic E-state index is 12.6. The van der Waals surface area contributed by atoms with Gasteiger partial charge in [-0.2, -0.15) is 9.50 Å². The number of nitrogens with two attached hydrogens (primary N) is 1. The van der Waals surface area contributed by atoms with Crippen LogP contribution in [-0.4, -0.2) is 35.3 Å². The molecule has 0 fully saturated rings. The first-order chi connectivity index (χ1) is 14.3. The summed E-state index contributed by atoms with van der Waals surface area (Å²) in [5, 5.41) is 12.2. The fourth-order valence-electron chi connectivity index (χ4n) is 3.33. The van der Waals surface area contributed by atoms with Gasteiger partial charge in [0.15, 0.2) is 5.82 Å². The van der Waals surface area contributed by atoms with Crippen LogP contribution in [-0.2, 0) is 11.2 Å². The zero-order chi connectivity index (χ0) is 21.4. The molecule has 1 amide bonds. The highest BCUT2D eigenvalue weighted by Crippen LogP contribution is 2.19. The number of nitrogens with one attached hydrogen (secondary N) is 1. The number of halogens is 1. The summed E-state index contributed by atoms with van der Waals surface area (Å²) >= 11 is 5.94. The van der Waals surface area contributed by atoms with Crippen LogP contribution < -0.4 is 11.1 Å². The van der Waals surface area contributed by atoms with Gasteiger partial charge in [0.05, 0.1) is 5.69 Å². The smallest absolute Gasteiger partial charge is 0.254 e. The van der Waals surface area contributed by atoms with Gasteiger partial charge in [0, 0.05) is 34.6 Å². The van der Waals surface area contributed by atoms with Crippen molar-refractivity contribution in [3.8, 4) is 5.69 Å². The zero-order valence-corrected chi connectivity index (χ0v) is 17.6. The first-order valence-electron chi connectivity index (χ1n) is 9.42. The molecule has 4 rings (SSSR count). The Balaban J connectivity index is 1.47.